The van der Waals surface area contributed by atoms with Crippen LogP contribution in [0.2, 0.25) is 0 Å². The predicted molar refractivity (Wildman–Crippen MR) is 147 cm³/mol. The number of benzene rings is 3. The van der Waals surface area contributed by atoms with Gasteiger partial charge in [-0.25, -0.2) is 32.5 Å². The maximum absolute atomic E-state index is 14.7. The Morgan fingerprint density at radius 1 is 1.00 bits per heavy atom. The largest absolute Gasteiger partial charge is 0.381 e. The summed E-state index contributed by atoms with van der Waals surface area (Å²) in [5.41, 5.74) is 0.126. The van der Waals surface area contributed by atoms with E-state index in [0.717, 1.165) is 27.9 Å². The highest BCUT2D eigenvalue weighted by Gasteiger charge is 2.35. The molecule has 0 fully saturated rings. The number of hydrogen-bond donors (Lipinski definition) is 2. The third-order valence-corrected chi connectivity index (χ3v) is 6.38. The molecule has 1 amide bonds. The molecule has 0 spiro atoms. The Balaban J connectivity index is 1.33. The van der Waals surface area contributed by atoms with Crippen molar-refractivity contribution in [3.63, 3.8) is 0 Å². The van der Waals surface area contributed by atoms with Crippen LogP contribution in [0.15, 0.2) is 96.6 Å². The minimum atomic E-state index is -2.02. The molecule has 12 heteroatoms. The molecule has 0 saturated carbocycles. The summed E-state index contributed by atoms with van der Waals surface area (Å²) in [6.07, 6.45) is 6.97. The standard InChI is InChI=1S/C29H25F2N7O3/c1-20-2-4-21(5-3-20)6-13-27(39)35-23-8-10-24(11-9-23)37-19-34-38(28(37)40)16-29(41,15-36-18-32-17-33-36)25-12-7-22(30)14-26(25)31/h2-14,17-19,41H,15-16H2,1H3,(H,35,39)/b13-6+/t29-/m0/s1. The third kappa shape index (κ3) is 6.34. The third-order valence-electron chi connectivity index (χ3n) is 6.38. The Hall–Kier alpha value is -5.23. The normalized spacial score (nSPS) is 12.9. The zero-order valence-corrected chi connectivity index (χ0v) is 21.9. The molecule has 2 aromatic heterocycles. The van der Waals surface area contributed by atoms with E-state index in [9.17, 15) is 23.5 Å². The summed E-state index contributed by atoms with van der Waals surface area (Å²) in [7, 11) is 0. The lowest BCUT2D eigenvalue weighted by molar-refractivity contribution is -0.111. The van der Waals surface area contributed by atoms with Crippen LogP contribution >= 0.6 is 0 Å². The van der Waals surface area contributed by atoms with E-state index in [1.165, 1.54) is 34.3 Å². The SMILES string of the molecule is Cc1ccc(/C=C/C(=O)Nc2ccc(-n3cnn(C[C@@](O)(Cn4cncn4)c4ccc(F)cc4F)c3=O)cc2)cc1. The van der Waals surface area contributed by atoms with Crippen LogP contribution in [0.4, 0.5) is 14.5 Å². The van der Waals surface area contributed by atoms with Crippen molar-refractivity contribution in [2.24, 2.45) is 0 Å². The number of halogens is 2. The summed E-state index contributed by atoms with van der Waals surface area (Å²) in [6, 6.07) is 17.0. The average Bonchev–Trinajstić information content (AvgIpc) is 3.58. The van der Waals surface area contributed by atoms with Crippen LogP contribution in [0.1, 0.15) is 16.7 Å². The number of aryl methyl sites for hydroxylation is 1. The number of carbonyl (C=O) groups is 1. The molecule has 2 N–H and O–H groups in total. The number of rotatable bonds is 9. The van der Waals surface area contributed by atoms with Crippen molar-refractivity contribution < 1.29 is 18.7 Å². The van der Waals surface area contributed by atoms with Gasteiger partial charge in [0, 0.05) is 23.4 Å². The first-order valence-corrected chi connectivity index (χ1v) is 12.5. The second-order valence-electron chi connectivity index (χ2n) is 9.47. The number of carbonyl (C=O) groups excluding carboxylic acids is 1. The molecular formula is C29H25F2N7O3. The van der Waals surface area contributed by atoms with E-state index in [0.29, 0.717) is 17.4 Å². The van der Waals surface area contributed by atoms with Crippen LogP contribution in [-0.2, 0) is 23.5 Å². The molecule has 3 aromatic carbocycles. The molecule has 5 aromatic rings. The van der Waals surface area contributed by atoms with Crippen molar-refractivity contribution in [1.29, 1.82) is 0 Å². The van der Waals surface area contributed by atoms with Gasteiger partial charge in [-0.15, -0.1) is 0 Å². The van der Waals surface area contributed by atoms with Gasteiger partial charge in [0.15, 0.2) is 0 Å². The highest BCUT2D eigenvalue weighted by Crippen LogP contribution is 2.28. The fourth-order valence-corrected chi connectivity index (χ4v) is 4.28. The zero-order valence-electron chi connectivity index (χ0n) is 21.9. The topological polar surface area (TPSA) is 120 Å². The Bertz CT molecular complexity index is 1740. The molecule has 5 rings (SSSR count). The summed E-state index contributed by atoms with van der Waals surface area (Å²) < 4.78 is 31.8. The van der Waals surface area contributed by atoms with Crippen LogP contribution < -0.4 is 11.0 Å². The number of aromatic nitrogens is 6. The molecule has 2 heterocycles. The van der Waals surface area contributed by atoms with Gasteiger partial charge >= 0.3 is 5.69 Å². The van der Waals surface area contributed by atoms with E-state index in [1.54, 1.807) is 30.3 Å². The average molecular weight is 558 g/mol. The number of nitrogens with zero attached hydrogens (tertiary/aromatic N) is 6. The molecule has 41 heavy (non-hydrogen) atoms. The Kier molecular flexibility index (Phi) is 7.66. The molecule has 0 aliphatic carbocycles. The van der Waals surface area contributed by atoms with Crippen molar-refractivity contribution in [3.05, 3.63) is 131 Å². The van der Waals surface area contributed by atoms with Gasteiger partial charge < -0.3 is 10.4 Å². The Morgan fingerprint density at radius 3 is 2.44 bits per heavy atom. The molecule has 0 saturated heterocycles. The molecular weight excluding hydrogens is 532 g/mol. The molecule has 10 nitrogen and oxygen atoms in total. The second kappa shape index (κ2) is 11.5. The van der Waals surface area contributed by atoms with Crippen molar-refractivity contribution in [1.82, 2.24) is 29.1 Å². The zero-order chi connectivity index (χ0) is 29.0. The minimum Gasteiger partial charge on any atom is -0.381 e. The summed E-state index contributed by atoms with van der Waals surface area (Å²) >= 11 is 0. The summed E-state index contributed by atoms with van der Waals surface area (Å²) in [5, 5.41) is 22.3. The molecule has 0 aliphatic heterocycles. The fraction of sp³-hybridized carbons (Fsp3) is 0.138. The van der Waals surface area contributed by atoms with Gasteiger partial charge in [0.25, 0.3) is 0 Å². The van der Waals surface area contributed by atoms with E-state index in [1.807, 2.05) is 31.2 Å². The summed E-state index contributed by atoms with van der Waals surface area (Å²) in [6.45, 7) is 1.25. The van der Waals surface area contributed by atoms with Crippen LogP contribution in [0.3, 0.4) is 0 Å². The van der Waals surface area contributed by atoms with Gasteiger partial charge in [-0.1, -0.05) is 35.9 Å². The monoisotopic (exact) mass is 557 g/mol. The molecule has 0 aliphatic rings. The quantitative estimate of drug-likeness (QED) is 0.268. The van der Waals surface area contributed by atoms with E-state index in [-0.39, 0.29) is 18.0 Å². The number of aliphatic hydroxyl groups is 1. The fourth-order valence-electron chi connectivity index (χ4n) is 4.28. The Labute approximate surface area is 232 Å². The van der Waals surface area contributed by atoms with Crippen LogP contribution in [0.5, 0.6) is 0 Å². The molecule has 0 radical (unpaired) electrons. The molecule has 208 valence electrons. The van der Waals surface area contributed by atoms with E-state index in [2.05, 4.69) is 20.5 Å². The van der Waals surface area contributed by atoms with Crippen molar-refractivity contribution in [2.75, 3.05) is 5.32 Å². The Morgan fingerprint density at radius 2 is 1.76 bits per heavy atom. The number of nitrogens with one attached hydrogen (secondary N) is 1. The lowest BCUT2D eigenvalue weighted by atomic mass is 9.93. The maximum Gasteiger partial charge on any atom is 0.350 e. The van der Waals surface area contributed by atoms with E-state index >= 15 is 0 Å². The first kappa shape index (κ1) is 27.3. The number of hydrogen-bond acceptors (Lipinski definition) is 6. The first-order chi connectivity index (χ1) is 19.7. The highest BCUT2D eigenvalue weighted by atomic mass is 19.1. The molecule has 0 bridgehead atoms. The van der Waals surface area contributed by atoms with Crippen molar-refractivity contribution in [3.8, 4) is 5.69 Å². The van der Waals surface area contributed by atoms with Crippen molar-refractivity contribution in [2.45, 2.75) is 25.6 Å². The summed E-state index contributed by atoms with van der Waals surface area (Å²) in [5.74, 6) is -2.10. The predicted octanol–water partition coefficient (Wildman–Crippen LogP) is 3.45. The van der Waals surface area contributed by atoms with Gasteiger partial charge in [-0.2, -0.15) is 10.2 Å². The van der Waals surface area contributed by atoms with Crippen molar-refractivity contribution >= 4 is 17.7 Å². The lowest BCUT2D eigenvalue weighted by Crippen LogP contribution is -2.41. The number of amides is 1. The van der Waals surface area contributed by atoms with Gasteiger partial charge in [0.2, 0.25) is 5.91 Å². The van der Waals surface area contributed by atoms with Gasteiger partial charge in [-0.05, 0) is 48.9 Å². The van der Waals surface area contributed by atoms with Crippen LogP contribution in [0.25, 0.3) is 11.8 Å². The smallest absolute Gasteiger partial charge is 0.350 e. The van der Waals surface area contributed by atoms with Gasteiger partial charge in [0.1, 0.15) is 36.2 Å². The first-order valence-electron chi connectivity index (χ1n) is 12.5. The van der Waals surface area contributed by atoms with Gasteiger partial charge in [0.05, 0.1) is 18.8 Å². The van der Waals surface area contributed by atoms with Crippen LogP contribution in [-0.4, -0.2) is 40.1 Å². The highest BCUT2D eigenvalue weighted by molar-refractivity contribution is 6.01. The lowest BCUT2D eigenvalue weighted by Gasteiger charge is -2.28. The van der Waals surface area contributed by atoms with E-state index in [4.69, 9.17) is 0 Å². The molecule has 1 atom stereocenters. The van der Waals surface area contributed by atoms with E-state index < -0.39 is 29.5 Å². The minimum absolute atomic E-state index is 0.229. The maximum atomic E-state index is 14.7. The number of anilines is 1. The van der Waals surface area contributed by atoms with Gasteiger partial charge in [-0.3, -0.25) is 4.79 Å². The van der Waals surface area contributed by atoms with Crippen LogP contribution in [0, 0.1) is 18.6 Å². The summed E-state index contributed by atoms with van der Waals surface area (Å²) in [4.78, 5) is 29.4. The second-order valence-corrected chi connectivity index (χ2v) is 9.47. The molecule has 0 unspecified atom stereocenters.